The summed E-state index contributed by atoms with van der Waals surface area (Å²) in [5.41, 5.74) is 3.34. The molecule has 0 aliphatic carbocycles. The van der Waals surface area contributed by atoms with Crippen molar-refractivity contribution >= 4 is 5.91 Å². The van der Waals surface area contributed by atoms with Crippen molar-refractivity contribution in [2.45, 2.75) is 39.0 Å². The van der Waals surface area contributed by atoms with Gasteiger partial charge < -0.3 is 19.2 Å². The summed E-state index contributed by atoms with van der Waals surface area (Å²) in [7, 11) is 3.22. The third kappa shape index (κ3) is 6.10. The molecule has 0 radical (unpaired) electrons. The Morgan fingerprint density at radius 1 is 1.03 bits per heavy atom. The maximum Gasteiger partial charge on any atom is 0.220 e. The van der Waals surface area contributed by atoms with Crippen molar-refractivity contribution in [2.75, 3.05) is 20.8 Å². The van der Waals surface area contributed by atoms with Gasteiger partial charge in [-0.25, -0.2) is 4.98 Å². The van der Waals surface area contributed by atoms with E-state index in [9.17, 15) is 4.79 Å². The van der Waals surface area contributed by atoms with Gasteiger partial charge in [0.2, 0.25) is 5.91 Å². The first-order valence-corrected chi connectivity index (χ1v) is 10.5. The molecule has 164 valence electrons. The molecule has 1 N–H and O–H groups in total. The number of hydrogen-bond donors (Lipinski definition) is 1. The molecule has 2 aromatic carbocycles. The van der Waals surface area contributed by atoms with E-state index in [2.05, 4.69) is 36.3 Å². The summed E-state index contributed by atoms with van der Waals surface area (Å²) in [6.45, 7) is 4.88. The molecule has 0 atom stereocenters. The van der Waals surface area contributed by atoms with E-state index in [4.69, 9.17) is 13.9 Å². The maximum absolute atomic E-state index is 12.2. The van der Waals surface area contributed by atoms with Crippen molar-refractivity contribution in [1.82, 2.24) is 10.3 Å². The molecule has 3 rings (SSSR count). The number of amides is 1. The molecular formula is C25H30N2O4. The summed E-state index contributed by atoms with van der Waals surface area (Å²) in [6.07, 6.45) is 3.22. The predicted molar refractivity (Wildman–Crippen MR) is 121 cm³/mol. The number of benzene rings is 2. The van der Waals surface area contributed by atoms with Crippen LogP contribution in [-0.4, -0.2) is 31.7 Å². The molecular weight excluding hydrogens is 392 g/mol. The number of carbonyl (C=O) groups is 1. The minimum Gasteiger partial charge on any atom is -0.493 e. The Morgan fingerprint density at radius 2 is 1.77 bits per heavy atom. The van der Waals surface area contributed by atoms with Gasteiger partial charge in [0, 0.05) is 24.9 Å². The van der Waals surface area contributed by atoms with Gasteiger partial charge in [0.25, 0.3) is 0 Å². The molecule has 0 bridgehead atoms. The molecule has 0 saturated heterocycles. The highest BCUT2D eigenvalue weighted by molar-refractivity contribution is 5.76. The Hall–Kier alpha value is -3.28. The van der Waals surface area contributed by atoms with Crippen LogP contribution in [0.5, 0.6) is 11.5 Å². The minimum atomic E-state index is -0.0264. The molecule has 1 heterocycles. The average Bonchev–Trinajstić information content (AvgIpc) is 3.26. The summed E-state index contributed by atoms with van der Waals surface area (Å²) in [5, 5.41) is 2.94. The van der Waals surface area contributed by atoms with Gasteiger partial charge >= 0.3 is 0 Å². The quantitative estimate of drug-likeness (QED) is 0.509. The highest BCUT2D eigenvalue weighted by Crippen LogP contribution is 2.27. The number of carbonyl (C=O) groups excluding carboxylic acids is 1. The zero-order valence-electron chi connectivity index (χ0n) is 18.6. The Labute approximate surface area is 183 Å². The van der Waals surface area contributed by atoms with E-state index in [1.807, 2.05) is 30.3 Å². The lowest BCUT2D eigenvalue weighted by molar-refractivity contribution is -0.121. The molecule has 0 aliphatic heterocycles. The molecule has 31 heavy (non-hydrogen) atoms. The first-order chi connectivity index (χ1) is 15.0. The van der Waals surface area contributed by atoms with Crippen molar-refractivity contribution in [1.29, 1.82) is 0 Å². The first-order valence-electron chi connectivity index (χ1n) is 10.5. The third-order valence-electron chi connectivity index (χ3n) is 5.17. The number of rotatable bonds is 10. The highest BCUT2D eigenvalue weighted by atomic mass is 16.5. The first kappa shape index (κ1) is 22.4. The van der Waals surface area contributed by atoms with Crippen molar-refractivity contribution in [3.8, 4) is 22.8 Å². The van der Waals surface area contributed by atoms with Gasteiger partial charge in [-0.1, -0.05) is 44.2 Å². The molecule has 6 heteroatoms. The van der Waals surface area contributed by atoms with Gasteiger partial charge in [-0.2, -0.15) is 0 Å². The number of nitrogens with zero attached hydrogens (tertiary/aromatic N) is 1. The SMILES string of the molecule is COc1ccc(CCNC(=O)CCc2ncc(-c3ccc(C(C)C)cc3)o2)cc1OC. The molecule has 6 nitrogen and oxygen atoms in total. The number of nitrogens with one attached hydrogen (secondary N) is 1. The van der Waals surface area contributed by atoms with Crippen LogP contribution in [0.2, 0.25) is 0 Å². The number of methoxy groups -OCH3 is 2. The van der Waals surface area contributed by atoms with Crippen LogP contribution in [0, 0.1) is 0 Å². The number of aryl methyl sites for hydroxylation is 1. The number of ether oxygens (including phenoxy) is 2. The fourth-order valence-corrected chi connectivity index (χ4v) is 3.28. The summed E-state index contributed by atoms with van der Waals surface area (Å²) in [5.74, 6) is 3.13. The van der Waals surface area contributed by atoms with E-state index < -0.39 is 0 Å². The largest absolute Gasteiger partial charge is 0.493 e. The second-order valence-electron chi connectivity index (χ2n) is 7.68. The van der Waals surface area contributed by atoms with Crippen LogP contribution in [0.3, 0.4) is 0 Å². The van der Waals surface area contributed by atoms with Gasteiger partial charge in [0.15, 0.2) is 23.1 Å². The summed E-state index contributed by atoms with van der Waals surface area (Å²) in [4.78, 5) is 16.5. The molecule has 0 saturated carbocycles. The van der Waals surface area contributed by atoms with Crippen LogP contribution >= 0.6 is 0 Å². The lowest BCUT2D eigenvalue weighted by atomic mass is 10.0. The van der Waals surface area contributed by atoms with Crippen LogP contribution < -0.4 is 14.8 Å². The van der Waals surface area contributed by atoms with Gasteiger partial charge in [0.1, 0.15) is 0 Å². The second-order valence-corrected chi connectivity index (χ2v) is 7.68. The number of oxazole rings is 1. The van der Waals surface area contributed by atoms with E-state index in [1.165, 1.54) is 5.56 Å². The van der Waals surface area contributed by atoms with Crippen molar-refractivity contribution < 1.29 is 18.7 Å². The molecule has 1 amide bonds. The molecule has 1 aromatic heterocycles. The fraction of sp³-hybridized carbons (Fsp3) is 0.360. The van der Waals surface area contributed by atoms with E-state index >= 15 is 0 Å². The Balaban J connectivity index is 1.45. The van der Waals surface area contributed by atoms with Crippen molar-refractivity contribution in [3.63, 3.8) is 0 Å². The normalized spacial score (nSPS) is 10.9. The lowest BCUT2D eigenvalue weighted by Gasteiger charge is -2.10. The van der Waals surface area contributed by atoms with E-state index in [0.717, 1.165) is 16.9 Å². The van der Waals surface area contributed by atoms with E-state index in [1.54, 1.807) is 20.4 Å². The summed E-state index contributed by atoms with van der Waals surface area (Å²) in [6, 6.07) is 14.1. The molecule has 0 fully saturated rings. The maximum atomic E-state index is 12.2. The van der Waals surface area contributed by atoms with Gasteiger partial charge in [-0.15, -0.1) is 0 Å². The molecule has 3 aromatic rings. The zero-order valence-corrected chi connectivity index (χ0v) is 18.6. The Kier molecular flexibility index (Phi) is 7.70. The monoisotopic (exact) mass is 422 g/mol. The number of hydrogen-bond acceptors (Lipinski definition) is 5. The van der Waals surface area contributed by atoms with Crippen LogP contribution in [0.4, 0.5) is 0 Å². The second kappa shape index (κ2) is 10.7. The zero-order chi connectivity index (χ0) is 22.2. The van der Waals surface area contributed by atoms with Crippen LogP contribution in [0.1, 0.15) is 43.2 Å². The highest BCUT2D eigenvalue weighted by Gasteiger charge is 2.10. The summed E-state index contributed by atoms with van der Waals surface area (Å²) >= 11 is 0. The number of aromatic nitrogens is 1. The van der Waals surface area contributed by atoms with Crippen molar-refractivity contribution in [2.24, 2.45) is 0 Å². The summed E-state index contributed by atoms with van der Waals surface area (Å²) < 4.78 is 16.4. The molecule has 0 spiro atoms. The van der Waals surface area contributed by atoms with Gasteiger partial charge in [0.05, 0.1) is 20.4 Å². The lowest BCUT2D eigenvalue weighted by Crippen LogP contribution is -2.25. The fourth-order valence-electron chi connectivity index (χ4n) is 3.28. The standard InChI is InChI=1S/C25H30N2O4/c1-17(2)19-6-8-20(9-7-19)23-16-27-25(31-23)12-11-24(28)26-14-13-18-5-10-21(29-3)22(15-18)30-4/h5-10,15-17H,11-14H2,1-4H3,(H,26,28). The minimum absolute atomic E-state index is 0.0264. The van der Waals surface area contributed by atoms with Crippen molar-refractivity contribution in [3.05, 3.63) is 65.7 Å². The average molecular weight is 423 g/mol. The molecule has 0 unspecified atom stereocenters. The van der Waals surface area contributed by atoms with E-state index in [-0.39, 0.29) is 5.91 Å². The topological polar surface area (TPSA) is 73.6 Å². The van der Waals surface area contributed by atoms with Gasteiger partial charge in [-0.05, 0) is 35.6 Å². The Morgan fingerprint density at radius 3 is 2.45 bits per heavy atom. The third-order valence-corrected chi connectivity index (χ3v) is 5.17. The van der Waals surface area contributed by atoms with Crippen LogP contribution in [0.25, 0.3) is 11.3 Å². The van der Waals surface area contributed by atoms with Crippen LogP contribution in [-0.2, 0) is 17.6 Å². The smallest absolute Gasteiger partial charge is 0.220 e. The van der Waals surface area contributed by atoms with E-state index in [0.29, 0.717) is 49.1 Å². The Bertz CT molecular complexity index is 993. The van der Waals surface area contributed by atoms with Crippen LogP contribution in [0.15, 0.2) is 53.1 Å². The molecule has 0 aliphatic rings. The van der Waals surface area contributed by atoms with Gasteiger partial charge in [-0.3, -0.25) is 4.79 Å². The predicted octanol–water partition coefficient (Wildman–Crippen LogP) is 4.77.